The number of nitrogens with one attached hydrogen (secondary N) is 1. The fraction of sp³-hybridized carbons (Fsp3) is 0.471. The molecule has 0 bridgehead atoms. The summed E-state index contributed by atoms with van der Waals surface area (Å²) >= 11 is 0. The highest BCUT2D eigenvalue weighted by molar-refractivity contribution is 5.12. The van der Waals surface area contributed by atoms with Gasteiger partial charge in [0.25, 0.3) is 0 Å². The molecular weight excluding hydrogens is 264 g/mol. The van der Waals surface area contributed by atoms with Crippen LogP contribution >= 0.6 is 0 Å². The Morgan fingerprint density at radius 1 is 1.24 bits per heavy atom. The number of nitrogens with zero attached hydrogens (tertiary/aromatic N) is 1. The maximum atomic E-state index is 5.66. The Hall–Kier alpha value is -1.65. The zero-order chi connectivity index (χ0) is 14.3. The third-order valence-electron chi connectivity index (χ3n) is 3.63. The average Bonchev–Trinajstić information content (AvgIpc) is 3.25. The van der Waals surface area contributed by atoms with Crippen LogP contribution in [-0.2, 0) is 24.3 Å². The van der Waals surface area contributed by atoms with Gasteiger partial charge in [-0.15, -0.1) is 0 Å². The van der Waals surface area contributed by atoms with Crippen LogP contribution in [0.15, 0.2) is 41.3 Å². The minimum Gasteiger partial charge on any atom is -0.467 e. The molecule has 0 saturated heterocycles. The van der Waals surface area contributed by atoms with E-state index in [0.717, 1.165) is 37.8 Å². The van der Waals surface area contributed by atoms with Crippen LogP contribution in [0.4, 0.5) is 0 Å². The van der Waals surface area contributed by atoms with Crippen LogP contribution in [0.5, 0.6) is 0 Å². The number of aromatic nitrogens is 1. The lowest BCUT2D eigenvalue weighted by atomic mass is 10.1. The second-order valence-electron chi connectivity index (χ2n) is 5.59. The van der Waals surface area contributed by atoms with Crippen molar-refractivity contribution >= 4 is 0 Å². The van der Waals surface area contributed by atoms with E-state index in [0.29, 0.717) is 6.61 Å². The summed E-state index contributed by atoms with van der Waals surface area (Å²) in [5.41, 5.74) is 2.51. The molecule has 1 aliphatic rings. The van der Waals surface area contributed by atoms with Gasteiger partial charge in [-0.05, 0) is 49.4 Å². The minimum absolute atomic E-state index is 0.555. The number of hydrogen-bond donors (Lipinski definition) is 1. The van der Waals surface area contributed by atoms with Crippen molar-refractivity contribution in [3.63, 3.8) is 0 Å². The van der Waals surface area contributed by atoms with Crippen molar-refractivity contribution in [3.05, 3.63) is 53.7 Å². The van der Waals surface area contributed by atoms with Crippen LogP contribution in [0.3, 0.4) is 0 Å². The van der Waals surface area contributed by atoms with E-state index in [1.54, 1.807) is 0 Å². The normalized spacial score (nSPS) is 14.5. The van der Waals surface area contributed by atoms with Gasteiger partial charge >= 0.3 is 0 Å². The van der Waals surface area contributed by atoms with Gasteiger partial charge < -0.3 is 14.5 Å². The van der Waals surface area contributed by atoms with E-state index in [1.165, 1.54) is 24.0 Å². The summed E-state index contributed by atoms with van der Waals surface area (Å²) in [7, 11) is 0. The van der Waals surface area contributed by atoms with Crippen LogP contribution in [0.1, 0.15) is 36.1 Å². The predicted molar refractivity (Wildman–Crippen MR) is 80.8 cm³/mol. The molecule has 2 heterocycles. The SMILES string of the molecule is c1cc(CCCOCc2cc(CNC3CC3)co2)ccn1. The molecule has 0 atom stereocenters. The molecule has 4 heteroatoms. The lowest BCUT2D eigenvalue weighted by Crippen LogP contribution is -2.14. The molecule has 4 nitrogen and oxygen atoms in total. The van der Waals surface area contributed by atoms with Gasteiger partial charge in [-0.2, -0.15) is 0 Å². The molecule has 2 aromatic rings. The van der Waals surface area contributed by atoms with E-state index in [4.69, 9.17) is 9.15 Å². The lowest BCUT2D eigenvalue weighted by molar-refractivity contribution is 0.104. The van der Waals surface area contributed by atoms with Crippen LogP contribution in [0, 0.1) is 0 Å². The van der Waals surface area contributed by atoms with Crippen molar-refractivity contribution in [2.45, 2.75) is 44.9 Å². The zero-order valence-electron chi connectivity index (χ0n) is 12.3. The Morgan fingerprint density at radius 2 is 2.10 bits per heavy atom. The number of hydrogen-bond acceptors (Lipinski definition) is 4. The van der Waals surface area contributed by atoms with Crippen molar-refractivity contribution in [2.24, 2.45) is 0 Å². The molecule has 112 valence electrons. The Labute approximate surface area is 125 Å². The quantitative estimate of drug-likeness (QED) is 0.720. The first kappa shape index (κ1) is 14.3. The van der Waals surface area contributed by atoms with Crippen LogP contribution in [0.25, 0.3) is 0 Å². The second-order valence-corrected chi connectivity index (χ2v) is 5.59. The van der Waals surface area contributed by atoms with E-state index in [-0.39, 0.29) is 0 Å². The maximum Gasteiger partial charge on any atom is 0.129 e. The molecule has 1 saturated carbocycles. The predicted octanol–water partition coefficient (Wildman–Crippen LogP) is 3.08. The van der Waals surface area contributed by atoms with Gasteiger partial charge in [0, 0.05) is 37.2 Å². The van der Waals surface area contributed by atoms with Gasteiger partial charge in [-0.25, -0.2) is 0 Å². The summed E-state index contributed by atoms with van der Waals surface area (Å²) in [5.74, 6) is 0.909. The lowest BCUT2D eigenvalue weighted by Gasteiger charge is -2.02. The molecule has 0 unspecified atom stereocenters. The summed E-state index contributed by atoms with van der Waals surface area (Å²) < 4.78 is 11.2. The van der Waals surface area contributed by atoms with Crippen molar-refractivity contribution in [1.82, 2.24) is 10.3 Å². The van der Waals surface area contributed by atoms with Crippen molar-refractivity contribution in [3.8, 4) is 0 Å². The highest BCUT2D eigenvalue weighted by Gasteiger charge is 2.20. The summed E-state index contributed by atoms with van der Waals surface area (Å²) in [6.45, 7) is 2.20. The van der Waals surface area contributed by atoms with E-state index >= 15 is 0 Å². The summed E-state index contributed by atoms with van der Waals surface area (Å²) in [6, 6.07) is 6.91. The summed E-state index contributed by atoms with van der Waals surface area (Å²) in [4.78, 5) is 4.01. The number of pyridine rings is 1. The van der Waals surface area contributed by atoms with Gasteiger partial charge in [-0.3, -0.25) is 4.98 Å². The first-order chi connectivity index (χ1) is 10.4. The van der Waals surface area contributed by atoms with E-state index < -0.39 is 0 Å². The Kier molecular flexibility index (Phi) is 5.03. The minimum atomic E-state index is 0.555. The molecule has 0 aromatic carbocycles. The molecule has 0 aliphatic heterocycles. The van der Waals surface area contributed by atoms with Gasteiger partial charge in [0.2, 0.25) is 0 Å². The molecule has 21 heavy (non-hydrogen) atoms. The van der Waals surface area contributed by atoms with Gasteiger partial charge in [0.15, 0.2) is 0 Å². The fourth-order valence-electron chi connectivity index (χ4n) is 2.24. The van der Waals surface area contributed by atoms with Crippen molar-refractivity contribution < 1.29 is 9.15 Å². The third-order valence-corrected chi connectivity index (χ3v) is 3.63. The van der Waals surface area contributed by atoms with Gasteiger partial charge in [-0.1, -0.05) is 0 Å². The molecule has 1 fully saturated rings. The molecule has 1 aliphatic carbocycles. The number of furan rings is 1. The largest absolute Gasteiger partial charge is 0.467 e. The molecule has 0 amide bonds. The second kappa shape index (κ2) is 7.38. The molecule has 0 radical (unpaired) electrons. The molecular formula is C17H22N2O2. The zero-order valence-corrected chi connectivity index (χ0v) is 12.3. The summed E-state index contributed by atoms with van der Waals surface area (Å²) in [5, 5.41) is 3.47. The Balaban J connectivity index is 1.30. The van der Waals surface area contributed by atoms with Gasteiger partial charge in [0.05, 0.1) is 6.26 Å². The smallest absolute Gasteiger partial charge is 0.129 e. The Morgan fingerprint density at radius 3 is 2.90 bits per heavy atom. The Bertz CT molecular complexity index is 535. The third kappa shape index (κ3) is 4.99. The summed E-state index contributed by atoms with van der Waals surface area (Å²) in [6.07, 6.45) is 10.1. The number of rotatable bonds is 9. The molecule has 0 spiro atoms. The molecule has 3 rings (SSSR count). The number of ether oxygens (including phenoxy) is 1. The van der Waals surface area contributed by atoms with Crippen LogP contribution < -0.4 is 5.32 Å². The van der Waals surface area contributed by atoms with Crippen LogP contribution in [0.2, 0.25) is 0 Å². The van der Waals surface area contributed by atoms with Crippen molar-refractivity contribution in [1.29, 1.82) is 0 Å². The van der Waals surface area contributed by atoms with Crippen molar-refractivity contribution in [2.75, 3.05) is 6.61 Å². The maximum absolute atomic E-state index is 5.66. The topological polar surface area (TPSA) is 47.3 Å². The first-order valence-corrected chi connectivity index (χ1v) is 7.66. The van der Waals surface area contributed by atoms with Gasteiger partial charge in [0.1, 0.15) is 12.4 Å². The highest BCUT2D eigenvalue weighted by atomic mass is 16.5. The van der Waals surface area contributed by atoms with E-state index in [9.17, 15) is 0 Å². The van der Waals surface area contributed by atoms with Crippen LogP contribution in [-0.4, -0.2) is 17.6 Å². The standard InChI is InChI=1S/C17H22N2O2/c1(2-14-5-7-18-8-6-14)9-20-13-17-10-15(12-21-17)11-19-16-3-4-16/h5-8,10,12,16,19H,1-4,9,11,13H2. The van der Waals surface area contributed by atoms with E-state index in [2.05, 4.69) is 16.4 Å². The molecule has 1 N–H and O–H groups in total. The first-order valence-electron chi connectivity index (χ1n) is 7.66. The monoisotopic (exact) mass is 286 g/mol. The van der Waals surface area contributed by atoms with E-state index in [1.807, 2.05) is 30.8 Å². The fourth-order valence-corrected chi connectivity index (χ4v) is 2.24. The average molecular weight is 286 g/mol. The molecule has 2 aromatic heterocycles. The highest BCUT2D eigenvalue weighted by Crippen LogP contribution is 2.19. The number of aryl methyl sites for hydroxylation is 1.